The molecule has 1 N–H and O–H groups in total. The molecule has 2 unspecified atom stereocenters. The van der Waals surface area contributed by atoms with Gasteiger partial charge in [0.2, 0.25) is 0 Å². The van der Waals surface area contributed by atoms with E-state index in [-0.39, 0.29) is 11.4 Å². The number of alkyl halides is 1. The van der Waals surface area contributed by atoms with E-state index < -0.39 is 0 Å². The summed E-state index contributed by atoms with van der Waals surface area (Å²) in [5, 5.41) is 4.12. The van der Waals surface area contributed by atoms with E-state index in [4.69, 9.17) is 4.74 Å². The number of fused-ring (bicyclic) bond motifs is 1. The minimum absolute atomic E-state index is 0.0400. The Hall–Kier alpha value is -0.870. The minimum Gasteiger partial charge on any atom is -0.372 e. The molecule has 21 heavy (non-hydrogen) atoms. The highest BCUT2D eigenvalue weighted by atomic mass is 79.9. The Bertz CT molecular complexity index is 546. The van der Waals surface area contributed by atoms with Crippen LogP contribution in [0, 0.1) is 5.92 Å². The number of hydrogen-bond donors (Lipinski definition) is 1. The largest absolute Gasteiger partial charge is 0.372 e. The smallest absolute Gasteiger partial charge is 0.251 e. The van der Waals surface area contributed by atoms with Gasteiger partial charge in [0.05, 0.1) is 18.8 Å². The van der Waals surface area contributed by atoms with Crippen LogP contribution in [0.15, 0.2) is 18.2 Å². The van der Waals surface area contributed by atoms with Crippen LogP contribution in [-0.4, -0.2) is 16.8 Å². The van der Waals surface area contributed by atoms with Crippen molar-refractivity contribution in [2.45, 2.75) is 51.4 Å². The van der Waals surface area contributed by atoms with Crippen molar-refractivity contribution in [3.63, 3.8) is 0 Å². The summed E-state index contributed by atoms with van der Waals surface area (Å²) in [6.45, 7) is 3.56. The van der Waals surface area contributed by atoms with E-state index in [1.54, 1.807) is 0 Å². The van der Waals surface area contributed by atoms with Crippen LogP contribution in [0.5, 0.6) is 0 Å². The molecular formula is C17H22BrNO2. The molecule has 0 spiro atoms. The van der Waals surface area contributed by atoms with Crippen LogP contribution in [0.1, 0.15) is 54.1 Å². The first-order chi connectivity index (χ1) is 10.1. The Morgan fingerprint density at radius 1 is 1.43 bits per heavy atom. The summed E-state index contributed by atoms with van der Waals surface area (Å²) in [6, 6.07) is 5.91. The molecule has 1 aliphatic heterocycles. The fraction of sp³-hybridized carbons (Fsp3) is 0.588. The lowest BCUT2D eigenvalue weighted by molar-refractivity contribution is 0.0869. The predicted molar refractivity (Wildman–Crippen MR) is 86.6 cm³/mol. The predicted octanol–water partition coefficient (Wildman–Crippen LogP) is 3.79. The van der Waals surface area contributed by atoms with Crippen molar-refractivity contribution in [1.82, 2.24) is 5.32 Å². The Labute approximate surface area is 134 Å². The van der Waals surface area contributed by atoms with E-state index in [0.717, 1.165) is 29.3 Å². The van der Waals surface area contributed by atoms with E-state index in [0.29, 0.717) is 19.1 Å². The topological polar surface area (TPSA) is 38.3 Å². The molecule has 1 saturated carbocycles. The van der Waals surface area contributed by atoms with E-state index in [1.165, 1.54) is 18.4 Å². The van der Waals surface area contributed by atoms with Crippen molar-refractivity contribution >= 4 is 21.8 Å². The van der Waals surface area contributed by atoms with Gasteiger partial charge in [-0.2, -0.15) is 0 Å². The van der Waals surface area contributed by atoms with Gasteiger partial charge < -0.3 is 10.1 Å². The highest BCUT2D eigenvalue weighted by molar-refractivity contribution is 9.09. The Morgan fingerprint density at radius 2 is 2.24 bits per heavy atom. The van der Waals surface area contributed by atoms with E-state index in [1.807, 2.05) is 18.2 Å². The molecule has 3 rings (SSSR count). The monoisotopic (exact) mass is 351 g/mol. The average Bonchev–Trinajstić information content (AvgIpc) is 2.94. The third-order valence-corrected chi connectivity index (χ3v) is 5.78. The number of rotatable bonds is 3. The summed E-state index contributed by atoms with van der Waals surface area (Å²) in [5.74, 6) is 0.711. The number of amides is 1. The van der Waals surface area contributed by atoms with Crippen LogP contribution in [0.25, 0.3) is 0 Å². The van der Waals surface area contributed by atoms with Gasteiger partial charge in [-0.15, -0.1) is 0 Å². The molecule has 1 heterocycles. The van der Waals surface area contributed by atoms with Gasteiger partial charge in [0.25, 0.3) is 5.91 Å². The standard InChI is InChI=1S/C17H22BrNO2/c1-12-3-2-6-17(8-12,11-18)19-16(20)13-4-5-14-9-21-10-15(14)7-13/h4-5,7,12H,2-3,6,8-11H2,1H3,(H,19,20). The molecule has 0 aromatic heterocycles. The Morgan fingerprint density at radius 3 is 3.00 bits per heavy atom. The lowest BCUT2D eigenvalue weighted by atomic mass is 9.77. The van der Waals surface area contributed by atoms with Gasteiger partial charge >= 0.3 is 0 Å². The van der Waals surface area contributed by atoms with Crippen LogP contribution < -0.4 is 5.32 Å². The molecule has 1 amide bonds. The summed E-state index contributed by atoms with van der Waals surface area (Å²) < 4.78 is 5.42. The van der Waals surface area contributed by atoms with Gasteiger partial charge in [0.1, 0.15) is 0 Å². The molecule has 4 heteroatoms. The Kier molecular flexibility index (Phi) is 4.36. The zero-order valence-electron chi connectivity index (χ0n) is 12.5. The van der Waals surface area contributed by atoms with Crippen LogP contribution in [0.2, 0.25) is 0 Å². The molecule has 1 aromatic rings. The van der Waals surface area contributed by atoms with E-state index in [2.05, 4.69) is 28.2 Å². The number of carbonyl (C=O) groups is 1. The summed E-state index contributed by atoms with van der Waals surface area (Å²) >= 11 is 3.61. The number of halogens is 1. The molecule has 2 aliphatic rings. The fourth-order valence-corrected chi connectivity index (χ4v) is 4.20. The SMILES string of the molecule is CC1CCCC(CBr)(NC(=O)c2ccc3c(c2)COC3)C1. The maximum absolute atomic E-state index is 12.6. The molecule has 3 nitrogen and oxygen atoms in total. The van der Waals surface area contributed by atoms with Gasteiger partial charge in [0, 0.05) is 10.9 Å². The van der Waals surface area contributed by atoms with Gasteiger partial charge in [-0.05, 0) is 42.0 Å². The zero-order valence-corrected chi connectivity index (χ0v) is 14.0. The van der Waals surface area contributed by atoms with Crippen molar-refractivity contribution < 1.29 is 9.53 Å². The van der Waals surface area contributed by atoms with Crippen molar-refractivity contribution in [2.75, 3.05) is 5.33 Å². The quantitative estimate of drug-likeness (QED) is 0.841. The molecule has 1 aromatic carbocycles. The number of carbonyl (C=O) groups excluding carboxylic acids is 1. The number of nitrogens with one attached hydrogen (secondary N) is 1. The van der Waals surface area contributed by atoms with Crippen LogP contribution in [0.4, 0.5) is 0 Å². The van der Waals surface area contributed by atoms with E-state index >= 15 is 0 Å². The maximum atomic E-state index is 12.6. The molecular weight excluding hydrogens is 330 g/mol. The van der Waals surface area contributed by atoms with Gasteiger partial charge in [-0.1, -0.05) is 41.8 Å². The van der Waals surface area contributed by atoms with Crippen molar-refractivity contribution in [2.24, 2.45) is 5.92 Å². The van der Waals surface area contributed by atoms with Crippen molar-refractivity contribution in [3.05, 3.63) is 34.9 Å². The van der Waals surface area contributed by atoms with Gasteiger partial charge in [-0.3, -0.25) is 4.79 Å². The molecule has 0 radical (unpaired) electrons. The summed E-state index contributed by atoms with van der Waals surface area (Å²) in [7, 11) is 0. The van der Waals surface area contributed by atoms with Crippen LogP contribution in [-0.2, 0) is 18.0 Å². The van der Waals surface area contributed by atoms with Crippen LogP contribution in [0.3, 0.4) is 0 Å². The van der Waals surface area contributed by atoms with Gasteiger partial charge in [0.15, 0.2) is 0 Å². The second kappa shape index (κ2) is 6.09. The summed E-state index contributed by atoms with van der Waals surface area (Å²) in [5.41, 5.74) is 3.00. The summed E-state index contributed by atoms with van der Waals surface area (Å²) in [6.07, 6.45) is 4.56. The van der Waals surface area contributed by atoms with Crippen molar-refractivity contribution in [3.8, 4) is 0 Å². The van der Waals surface area contributed by atoms with Crippen molar-refractivity contribution in [1.29, 1.82) is 0 Å². The molecule has 1 aliphatic carbocycles. The first-order valence-electron chi connectivity index (χ1n) is 7.70. The number of ether oxygens (including phenoxy) is 1. The third kappa shape index (κ3) is 3.16. The minimum atomic E-state index is -0.0930. The highest BCUT2D eigenvalue weighted by Gasteiger charge is 2.35. The molecule has 0 bridgehead atoms. The highest BCUT2D eigenvalue weighted by Crippen LogP contribution is 2.34. The second-order valence-corrected chi connectivity index (χ2v) is 7.11. The molecule has 0 saturated heterocycles. The number of benzene rings is 1. The molecule has 114 valence electrons. The third-order valence-electron chi connectivity index (χ3n) is 4.71. The first-order valence-corrected chi connectivity index (χ1v) is 8.82. The molecule has 1 fully saturated rings. The zero-order chi connectivity index (χ0) is 14.9. The molecule has 2 atom stereocenters. The van der Waals surface area contributed by atoms with Gasteiger partial charge in [-0.25, -0.2) is 0 Å². The lowest BCUT2D eigenvalue weighted by Crippen LogP contribution is -2.52. The number of hydrogen-bond acceptors (Lipinski definition) is 2. The average molecular weight is 352 g/mol. The maximum Gasteiger partial charge on any atom is 0.251 e. The Balaban J connectivity index is 1.75. The summed E-state index contributed by atoms with van der Waals surface area (Å²) in [4.78, 5) is 12.6. The van der Waals surface area contributed by atoms with E-state index in [9.17, 15) is 4.79 Å². The van der Waals surface area contributed by atoms with Crippen LogP contribution >= 0.6 is 15.9 Å². The normalized spacial score (nSPS) is 28.2. The first kappa shape index (κ1) is 15.0. The lowest BCUT2D eigenvalue weighted by Gasteiger charge is -2.39. The second-order valence-electron chi connectivity index (χ2n) is 6.55. The fourth-order valence-electron chi connectivity index (χ4n) is 3.55.